The van der Waals surface area contributed by atoms with E-state index in [4.69, 9.17) is 0 Å². The second-order valence-electron chi connectivity index (χ2n) is 18.9. The molecule has 0 saturated carbocycles. The Kier molecular flexibility index (Phi) is 14.3. The third-order valence-electron chi connectivity index (χ3n) is 14.3. The molecular weight excluding hydrogens is 887 g/mol. The summed E-state index contributed by atoms with van der Waals surface area (Å²) >= 11 is 1.76. The van der Waals surface area contributed by atoms with Gasteiger partial charge in [0.15, 0.2) is 46.0 Å². The van der Waals surface area contributed by atoms with Gasteiger partial charge in [-0.3, -0.25) is 0 Å². The molecule has 11 N–H and O–H groups in total. The summed E-state index contributed by atoms with van der Waals surface area (Å²) in [6, 6.07) is 36.6. The van der Waals surface area contributed by atoms with Gasteiger partial charge in [0.05, 0.1) is 0 Å². The predicted molar refractivity (Wildman–Crippen MR) is 270 cm³/mol. The Morgan fingerprint density at radius 2 is 1.07 bits per heavy atom. The average Bonchev–Trinajstić information content (AvgIpc) is 3.76. The van der Waals surface area contributed by atoms with Crippen LogP contribution in [-0.4, -0.2) is 66.5 Å². The van der Waals surface area contributed by atoms with Gasteiger partial charge in [-0.15, -0.1) is 11.3 Å². The van der Waals surface area contributed by atoms with Gasteiger partial charge in [-0.25, -0.2) is 0 Å². The van der Waals surface area contributed by atoms with Crippen molar-refractivity contribution < 1.29 is 40.9 Å². The van der Waals surface area contributed by atoms with E-state index in [-0.39, 0.29) is 63.7 Å². The molecule has 0 amide bonds. The summed E-state index contributed by atoms with van der Waals surface area (Å²) in [4.78, 5) is 1.36. The number of benzene rings is 6. The number of hydrogen-bond donors (Lipinski definition) is 11. The molecule has 3 aliphatic heterocycles. The van der Waals surface area contributed by atoms with Gasteiger partial charge in [-0.1, -0.05) is 67.6 Å². The molecule has 0 fully saturated rings. The van der Waals surface area contributed by atoms with Crippen molar-refractivity contribution in [1.29, 1.82) is 0 Å². The second-order valence-corrected chi connectivity index (χ2v) is 19.9. The Balaban J connectivity index is 0.000000116. The number of nitrogens with one attached hydrogen (secondary N) is 3. The van der Waals surface area contributed by atoms with Gasteiger partial charge in [0, 0.05) is 54.9 Å². The van der Waals surface area contributed by atoms with Gasteiger partial charge in [-0.05, 0) is 172 Å². The smallest absolute Gasteiger partial charge is 0.157 e. The van der Waals surface area contributed by atoms with E-state index in [2.05, 4.69) is 70.7 Å². The van der Waals surface area contributed by atoms with E-state index in [1.54, 1.807) is 59.9 Å². The first-order valence-electron chi connectivity index (χ1n) is 23.9. The molecule has 5 atom stereocenters. The van der Waals surface area contributed by atoms with Crippen LogP contribution in [0.25, 0.3) is 0 Å². The topological polar surface area (TPSA) is 198 Å². The number of rotatable bonds is 2. The molecule has 0 saturated heterocycles. The van der Waals surface area contributed by atoms with Crippen molar-refractivity contribution in [3.05, 3.63) is 187 Å². The van der Waals surface area contributed by atoms with Crippen molar-refractivity contribution in [3.8, 4) is 46.0 Å². The molecule has 0 radical (unpaired) electrons. The van der Waals surface area contributed by atoms with Crippen LogP contribution in [0.5, 0.6) is 46.0 Å². The van der Waals surface area contributed by atoms with Gasteiger partial charge < -0.3 is 56.8 Å². The third kappa shape index (κ3) is 10.5. The highest BCUT2D eigenvalue weighted by Gasteiger charge is 2.35. The maximum atomic E-state index is 9.84. The first-order valence-corrected chi connectivity index (χ1v) is 24.8. The largest absolute Gasteiger partial charge is 0.504 e. The Hall–Kier alpha value is -6.70. The van der Waals surface area contributed by atoms with Crippen LogP contribution in [0.4, 0.5) is 0 Å². The zero-order valence-electron chi connectivity index (χ0n) is 38.7. The lowest BCUT2D eigenvalue weighted by Gasteiger charge is -2.39. The third-order valence-corrected chi connectivity index (χ3v) is 15.3. The molecule has 12 heteroatoms. The quantitative estimate of drug-likeness (QED) is 0.0739. The molecule has 69 heavy (non-hydrogen) atoms. The fourth-order valence-corrected chi connectivity index (χ4v) is 11.6. The second kappa shape index (κ2) is 20.9. The van der Waals surface area contributed by atoms with E-state index in [0.717, 1.165) is 92.6 Å². The summed E-state index contributed by atoms with van der Waals surface area (Å²) in [6.45, 7) is 6.66. The molecular formula is C57H61N3O8S. The molecule has 0 spiro atoms. The minimum atomic E-state index is -0.0666. The summed E-state index contributed by atoms with van der Waals surface area (Å²) in [7, 11) is 0. The lowest BCUT2D eigenvalue weighted by atomic mass is 9.72. The number of phenols is 8. The Morgan fingerprint density at radius 3 is 1.83 bits per heavy atom. The molecule has 5 unspecified atom stereocenters. The number of aromatic hydroxyl groups is 8. The maximum absolute atomic E-state index is 9.84. The molecule has 11 nitrogen and oxygen atoms in total. The normalized spacial score (nSPS) is 20.6. The average molecular weight is 948 g/mol. The number of thiophene rings is 1. The molecule has 1 aromatic heterocycles. The number of phenolic OH excluding ortho intramolecular Hbond substituents is 8. The lowest BCUT2D eigenvalue weighted by molar-refractivity contribution is 0.380. The molecule has 6 aromatic carbocycles. The fourth-order valence-electron chi connectivity index (χ4n) is 10.7. The molecule has 358 valence electrons. The summed E-state index contributed by atoms with van der Waals surface area (Å²) in [5.41, 5.74) is 13.2. The van der Waals surface area contributed by atoms with Crippen LogP contribution in [0.2, 0.25) is 0 Å². The molecule has 12 rings (SSSR count). The summed E-state index contributed by atoms with van der Waals surface area (Å²) in [5.74, 6) is 1.23. The Morgan fingerprint density at radius 1 is 0.464 bits per heavy atom. The van der Waals surface area contributed by atoms with E-state index >= 15 is 0 Å². The van der Waals surface area contributed by atoms with Crippen LogP contribution in [0.3, 0.4) is 0 Å². The van der Waals surface area contributed by atoms with Crippen molar-refractivity contribution in [2.24, 2.45) is 5.92 Å². The molecule has 5 aliphatic rings. The van der Waals surface area contributed by atoms with Gasteiger partial charge in [0.1, 0.15) is 0 Å². The first-order chi connectivity index (χ1) is 33.4. The van der Waals surface area contributed by atoms with Gasteiger partial charge in [0.25, 0.3) is 0 Å². The van der Waals surface area contributed by atoms with Gasteiger partial charge in [-0.2, -0.15) is 0 Å². The van der Waals surface area contributed by atoms with E-state index in [9.17, 15) is 40.9 Å². The minimum absolute atomic E-state index is 0.00727. The van der Waals surface area contributed by atoms with Crippen molar-refractivity contribution in [1.82, 2.24) is 16.0 Å². The van der Waals surface area contributed by atoms with Crippen LogP contribution in [0, 0.1) is 5.92 Å². The maximum Gasteiger partial charge on any atom is 0.157 e. The highest BCUT2D eigenvalue weighted by Crippen LogP contribution is 2.44. The van der Waals surface area contributed by atoms with Crippen LogP contribution < -0.4 is 16.0 Å². The van der Waals surface area contributed by atoms with Gasteiger partial charge >= 0.3 is 0 Å². The van der Waals surface area contributed by atoms with E-state index in [1.807, 2.05) is 24.3 Å². The van der Waals surface area contributed by atoms with E-state index < -0.39 is 0 Å². The Labute approximate surface area is 407 Å². The van der Waals surface area contributed by atoms with Gasteiger partial charge in [0.2, 0.25) is 0 Å². The summed E-state index contributed by atoms with van der Waals surface area (Å²) in [5, 5.41) is 89.0. The zero-order chi connectivity index (χ0) is 48.2. The standard InChI is InChI=1S/C17H17NO2.C16H17NO2.C13H13NO2S.C11H14O2/c19-15-7-10-5-6-14-17(13(10)8-16(15)20)12-4-2-1-3-11(12)9-18-14;18-15-8-12-6-7-17-10-14(13(12)9-16(15)19)11-4-2-1-3-5-11;15-11-2-1-8(5-12(11)16)10-6-14-7-13-9(10)3-4-17-13;1-7-2-3-8-5-10(12)11(13)6-9(8)4-7/h1-4,7-8,14,17-20H,5-6,9H2;1-5,8-9,14,17-19H,6-7,10H2;1-5,10,14-16H,6-7H2;5-7,12-13H,2-4H2,1H3. The van der Waals surface area contributed by atoms with Crippen molar-refractivity contribution in [2.75, 3.05) is 19.6 Å². The van der Waals surface area contributed by atoms with Crippen LogP contribution in [0.1, 0.15) is 104 Å². The minimum Gasteiger partial charge on any atom is -0.504 e. The molecule has 2 aliphatic carbocycles. The summed E-state index contributed by atoms with van der Waals surface area (Å²) < 4.78 is 0. The summed E-state index contributed by atoms with van der Waals surface area (Å²) in [6.07, 6.45) is 6.09. The molecule has 4 heterocycles. The van der Waals surface area contributed by atoms with Crippen molar-refractivity contribution in [3.63, 3.8) is 0 Å². The predicted octanol–water partition coefficient (Wildman–Crippen LogP) is 9.64. The zero-order valence-corrected chi connectivity index (χ0v) is 39.5. The highest BCUT2D eigenvalue weighted by atomic mass is 32.1. The fraction of sp³-hybridized carbons (Fsp3) is 0.298. The van der Waals surface area contributed by atoms with E-state index in [0.29, 0.717) is 12.0 Å². The van der Waals surface area contributed by atoms with Crippen LogP contribution in [0.15, 0.2) is 121 Å². The first kappa shape index (κ1) is 47.4. The van der Waals surface area contributed by atoms with Crippen molar-refractivity contribution >= 4 is 11.3 Å². The highest BCUT2D eigenvalue weighted by molar-refractivity contribution is 7.10. The molecule has 7 aromatic rings. The van der Waals surface area contributed by atoms with Crippen molar-refractivity contribution in [2.45, 2.75) is 82.3 Å². The Bertz CT molecular complexity index is 2920. The number of aryl methyl sites for hydroxylation is 2. The number of hydrogen-bond acceptors (Lipinski definition) is 12. The van der Waals surface area contributed by atoms with Crippen LogP contribution in [-0.2, 0) is 38.8 Å². The van der Waals surface area contributed by atoms with Crippen LogP contribution >= 0.6 is 11.3 Å². The SMILES string of the molecule is CC1CCc2cc(O)c(O)cc2C1.Oc1cc2c(cc1O)C(c1ccccc1)CNCC2.Oc1cc2c(cc1O)C1c3ccccc3CNC1CC2.Oc1ccc(C2CNCc3sccc32)cc1O. The number of fused-ring (bicyclic) bond motifs is 8. The molecule has 0 bridgehead atoms. The lowest BCUT2D eigenvalue weighted by Crippen LogP contribution is -2.42. The monoisotopic (exact) mass is 947 g/mol. The van der Waals surface area contributed by atoms with E-state index in [1.165, 1.54) is 44.7 Å².